The van der Waals surface area contributed by atoms with Gasteiger partial charge in [-0.15, -0.1) is 0 Å². The van der Waals surface area contributed by atoms with Crippen LogP contribution in [0.5, 0.6) is 0 Å². The number of hydrogen-bond donors (Lipinski definition) is 0. The second-order valence-corrected chi connectivity index (χ2v) is 7.61. The molecule has 176 valence electrons. The molecule has 1 aliphatic rings. The van der Waals surface area contributed by atoms with Gasteiger partial charge in [-0.1, -0.05) is 87.7 Å². The standard InChI is InChI=1S/C21H22ClNO4.C3H8.C2H6/c1-3-26-19(25)12-23-18(24)13-27-21(16-6-4-14(2)5-7-16)20(23)15-8-10-17(22)11-9-15;1-3-2;1-2/h4-11,20-21H,3,12-13H2,1-2H3;3H2,1-2H3;1-2H3. The molecule has 6 heteroatoms. The van der Waals surface area contributed by atoms with Crippen LogP contribution in [0, 0.1) is 6.92 Å². The van der Waals surface area contributed by atoms with Crippen molar-refractivity contribution in [3.05, 3.63) is 70.2 Å². The lowest BCUT2D eigenvalue weighted by atomic mass is 9.92. The van der Waals surface area contributed by atoms with Gasteiger partial charge in [0, 0.05) is 5.02 Å². The number of hydrogen-bond acceptors (Lipinski definition) is 4. The average molecular weight is 462 g/mol. The van der Waals surface area contributed by atoms with Gasteiger partial charge in [-0.2, -0.15) is 0 Å². The van der Waals surface area contributed by atoms with Crippen LogP contribution in [0.15, 0.2) is 48.5 Å². The largest absolute Gasteiger partial charge is 0.465 e. The molecule has 0 bridgehead atoms. The Labute approximate surface area is 197 Å². The summed E-state index contributed by atoms with van der Waals surface area (Å²) in [4.78, 5) is 26.2. The number of rotatable bonds is 5. The van der Waals surface area contributed by atoms with Gasteiger partial charge in [0.25, 0.3) is 0 Å². The van der Waals surface area contributed by atoms with Crippen molar-refractivity contribution in [2.45, 2.75) is 60.1 Å². The number of morpholine rings is 1. The quantitative estimate of drug-likeness (QED) is 0.490. The van der Waals surface area contributed by atoms with E-state index in [-0.39, 0.29) is 31.8 Å². The van der Waals surface area contributed by atoms with Gasteiger partial charge in [0.15, 0.2) is 0 Å². The van der Waals surface area contributed by atoms with E-state index in [0.29, 0.717) is 5.02 Å². The van der Waals surface area contributed by atoms with E-state index in [2.05, 4.69) is 13.8 Å². The average Bonchev–Trinajstić information content (AvgIpc) is 2.79. The number of carbonyl (C=O) groups is 2. The summed E-state index contributed by atoms with van der Waals surface area (Å²) in [5.41, 5.74) is 2.93. The monoisotopic (exact) mass is 461 g/mol. The first-order valence-corrected chi connectivity index (χ1v) is 11.7. The molecule has 3 rings (SSSR count). The zero-order valence-corrected chi connectivity index (χ0v) is 20.8. The Bertz CT molecular complexity index is 821. The maximum absolute atomic E-state index is 12.6. The molecule has 0 spiro atoms. The molecule has 1 fully saturated rings. The number of aryl methyl sites for hydroxylation is 1. The Morgan fingerprint density at radius 1 is 1.03 bits per heavy atom. The van der Waals surface area contributed by atoms with E-state index in [1.807, 2.05) is 57.2 Å². The molecule has 0 N–H and O–H groups in total. The highest BCUT2D eigenvalue weighted by Gasteiger charge is 2.39. The molecule has 2 atom stereocenters. The Kier molecular flexibility index (Phi) is 12.7. The molecular formula is C26H36ClNO4. The molecule has 5 nitrogen and oxygen atoms in total. The third-order valence-corrected chi connectivity index (χ3v) is 4.80. The Hall–Kier alpha value is -2.37. The first-order chi connectivity index (χ1) is 15.4. The van der Waals surface area contributed by atoms with Gasteiger partial charge < -0.3 is 14.4 Å². The van der Waals surface area contributed by atoms with E-state index in [1.165, 1.54) is 11.3 Å². The van der Waals surface area contributed by atoms with Crippen molar-refractivity contribution in [1.29, 1.82) is 0 Å². The molecule has 0 aliphatic carbocycles. The predicted molar refractivity (Wildman–Crippen MR) is 130 cm³/mol. The Balaban J connectivity index is 0.000000944. The van der Waals surface area contributed by atoms with Crippen molar-refractivity contribution in [3.8, 4) is 0 Å². The highest BCUT2D eigenvalue weighted by molar-refractivity contribution is 6.30. The molecule has 32 heavy (non-hydrogen) atoms. The number of nitrogens with zero attached hydrogens (tertiary/aromatic N) is 1. The van der Waals surface area contributed by atoms with Gasteiger partial charge >= 0.3 is 5.97 Å². The van der Waals surface area contributed by atoms with Crippen molar-refractivity contribution >= 4 is 23.5 Å². The lowest BCUT2D eigenvalue weighted by Crippen LogP contribution is -2.48. The predicted octanol–water partition coefficient (Wildman–Crippen LogP) is 6.30. The van der Waals surface area contributed by atoms with E-state index in [9.17, 15) is 9.59 Å². The highest BCUT2D eigenvalue weighted by atomic mass is 35.5. The molecule has 0 aromatic heterocycles. The summed E-state index contributed by atoms with van der Waals surface area (Å²) in [6.07, 6.45) is 0.860. The van der Waals surface area contributed by atoms with Crippen LogP contribution in [0.4, 0.5) is 0 Å². The van der Waals surface area contributed by atoms with Crippen LogP contribution in [0.25, 0.3) is 0 Å². The summed E-state index contributed by atoms with van der Waals surface area (Å²) < 4.78 is 11.0. The van der Waals surface area contributed by atoms with Gasteiger partial charge in [-0.3, -0.25) is 9.59 Å². The summed E-state index contributed by atoms with van der Waals surface area (Å²) in [5, 5.41) is 0.602. The minimum Gasteiger partial charge on any atom is -0.465 e. The van der Waals surface area contributed by atoms with E-state index < -0.39 is 12.0 Å². The second kappa shape index (κ2) is 14.6. The molecule has 1 saturated heterocycles. The topological polar surface area (TPSA) is 55.8 Å². The Morgan fingerprint density at radius 3 is 2.09 bits per heavy atom. The highest BCUT2D eigenvalue weighted by Crippen LogP contribution is 2.40. The maximum atomic E-state index is 12.6. The molecule has 1 heterocycles. The summed E-state index contributed by atoms with van der Waals surface area (Å²) in [5.74, 6) is -0.680. The number of amides is 1. The SMILES string of the molecule is CC.CCC.CCOC(=O)CN1C(=O)COC(c2ccc(C)cc2)C1c1ccc(Cl)cc1. The van der Waals surface area contributed by atoms with Gasteiger partial charge in [0.1, 0.15) is 19.3 Å². The van der Waals surface area contributed by atoms with Crippen LogP contribution in [0.2, 0.25) is 5.02 Å². The Morgan fingerprint density at radius 2 is 1.56 bits per heavy atom. The van der Waals surface area contributed by atoms with Crippen LogP contribution < -0.4 is 0 Å². The molecular weight excluding hydrogens is 426 g/mol. The zero-order valence-electron chi connectivity index (χ0n) is 20.1. The minimum atomic E-state index is -0.448. The summed E-state index contributed by atoms with van der Waals surface area (Å²) >= 11 is 6.03. The fraction of sp³-hybridized carbons (Fsp3) is 0.462. The molecule has 0 radical (unpaired) electrons. The van der Waals surface area contributed by atoms with Crippen molar-refractivity contribution in [2.75, 3.05) is 19.8 Å². The zero-order chi connectivity index (χ0) is 24.1. The van der Waals surface area contributed by atoms with Crippen molar-refractivity contribution in [1.82, 2.24) is 4.90 Å². The number of halogens is 1. The molecule has 0 saturated carbocycles. The van der Waals surface area contributed by atoms with Crippen LogP contribution >= 0.6 is 11.6 Å². The van der Waals surface area contributed by atoms with E-state index in [0.717, 1.165) is 16.7 Å². The van der Waals surface area contributed by atoms with Gasteiger partial charge in [0.05, 0.1) is 12.6 Å². The van der Waals surface area contributed by atoms with Crippen LogP contribution in [0.1, 0.15) is 69.9 Å². The molecule has 2 aromatic rings. The molecule has 1 amide bonds. The summed E-state index contributed by atoms with van der Waals surface area (Å²) in [6.45, 7) is 12.1. The summed E-state index contributed by atoms with van der Waals surface area (Å²) in [6, 6.07) is 14.8. The first kappa shape index (κ1) is 27.7. The molecule has 2 unspecified atom stereocenters. The lowest BCUT2D eigenvalue weighted by molar-refractivity contribution is -0.166. The van der Waals surface area contributed by atoms with E-state index in [4.69, 9.17) is 21.1 Å². The third-order valence-electron chi connectivity index (χ3n) is 4.55. The number of carbonyl (C=O) groups excluding carboxylic acids is 2. The van der Waals surface area contributed by atoms with Gasteiger partial charge in [-0.25, -0.2) is 0 Å². The van der Waals surface area contributed by atoms with E-state index >= 15 is 0 Å². The first-order valence-electron chi connectivity index (χ1n) is 11.3. The normalized spacial score (nSPS) is 17.5. The fourth-order valence-corrected chi connectivity index (χ4v) is 3.36. The number of esters is 1. The maximum Gasteiger partial charge on any atom is 0.325 e. The fourth-order valence-electron chi connectivity index (χ4n) is 3.24. The summed E-state index contributed by atoms with van der Waals surface area (Å²) in [7, 11) is 0. The smallest absolute Gasteiger partial charge is 0.325 e. The molecule has 2 aromatic carbocycles. The third kappa shape index (κ3) is 7.95. The van der Waals surface area contributed by atoms with Gasteiger partial charge in [0.2, 0.25) is 5.91 Å². The number of ether oxygens (including phenoxy) is 2. The lowest BCUT2D eigenvalue weighted by Gasteiger charge is -2.41. The van der Waals surface area contributed by atoms with Crippen LogP contribution in [-0.2, 0) is 19.1 Å². The van der Waals surface area contributed by atoms with Gasteiger partial charge in [-0.05, 0) is 37.1 Å². The van der Waals surface area contributed by atoms with Crippen molar-refractivity contribution in [3.63, 3.8) is 0 Å². The molecule has 1 aliphatic heterocycles. The second-order valence-electron chi connectivity index (χ2n) is 7.17. The van der Waals surface area contributed by atoms with Crippen molar-refractivity contribution < 1.29 is 19.1 Å². The van der Waals surface area contributed by atoms with Crippen LogP contribution in [0.3, 0.4) is 0 Å². The van der Waals surface area contributed by atoms with E-state index in [1.54, 1.807) is 19.1 Å². The minimum absolute atomic E-state index is 0.0813. The van der Waals surface area contributed by atoms with Crippen LogP contribution in [-0.4, -0.2) is 36.5 Å². The van der Waals surface area contributed by atoms with Crippen molar-refractivity contribution in [2.24, 2.45) is 0 Å². The number of benzene rings is 2.